The summed E-state index contributed by atoms with van der Waals surface area (Å²) in [4.78, 5) is 21.7. The first-order valence-electron chi connectivity index (χ1n) is 3.55. The Labute approximate surface area is 74.8 Å². The number of carbonyl (C=O) groups excluding carboxylic acids is 2. The zero-order valence-corrected chi connectivity index (χ0v) is 7.32. The summed E-state index contributed by atoms with van der Waals surface area (Å²) in [6.07, 6.45) is 1.73. The lowest BCUT2D eigenvalue weighted by molar-refractivity contribution is -0.119. The minimum atomic E-state index is -0.407. The van der Waals surface area contributed by atoms with Crippen LogP contribution < -0.4 is 10.6 Å². The van der Waals surface area contributed by atoms with E-state index >= 15 is 0 Å². The van der Waals surface area contributed by atoms with Crippen LogP contribution >= 0.6 is 11.8 Å². The lowest BCUT2D eigenvalue weighted by atomic mass is 10.3. The van der Waals surface area contributed by atoms with E-state index in [1.165, 1.54) is 11.8 Å². The van der Waals surface area contributed by atoms with Crippen molar-refractivity contribution in [3.8, 4) is 0 Å². The largest absolute Gasteiger partial charge is 0.336 e. The maximum atomic E-state index is 11.1. The Kier molecular flexibility index (Phi) is 3.16. The standard InChI is InChI=1S/C7H10N2O2S/c1-2-3-12-5-4-8-7(11)9-6(5)10/h2,5H,1,3-4H2,(H2,8,9,10,11). The van der Waals surface area contributed by atoms with E-state index in [0.29, 0.717) is 12.3 Å². The van der Waals surface area contributed by atoms with Crippen LogP contribution in [-0.4, -0.2) is 29.5 Å². The second-order valence-electron chi connectivity index (χ2n) is 2.31. The third-order valence-electron chi connectivity index (χ3n) is 1.39. The van der Waals surface area contributed by atoms with E-state index < -0.39 is 6.03 Å². The van der Waals surface area contributed by atoms with Crippen LogP contribution in [0.25, 0.3) is 0 Å². The highest BCUT2D eigenvalue weighted by atomic mass is 32.2. The fraction of sp³-hybridized carbons (Fsp3) is 0.429. The zero-order valence-electron chi connectivity index (χ0n) is 6.50. The molecule has 3 amide bonds. The maximum Gasteiger partial charge on any atom is 0.321 e. The van der Waals surface area contributed by atoms with Crippen molar-refractivity contribution in [3.05, 3.63) is 12.7 Å². The van der Waals surface area contributed by atoms with Crippen LogP contribution in [0.15, 0.2) is 12.7 Å². The number of imide groups is 1. The molecule has 0 saturated carbocycles. The van der Waals surface area contributed by atoms with Crippen molar-refractivity contribution < 1.29 is 9.59 Å². The molecule has 4 nitrogen and oxygen atoms in total. The molecule has 1 aliphatic rings. The first-order chi connectivity index (χ1) is 5.74. The first kappa shape index (κ1) is 9.12. The normalized spacial score (nSPS) is 22.8. The first-order valence-corrected chi connectivity index (χ1v) is 4.60. The van der Waals surface area contributed by atoms with Crippen LogP contribution in [0.2, 0.25) is 0 Å². The molecular formula is C7H10N2O2S. The monoisotopic (exact) mass is 186 g/mol. The van der Waals surface area contributed by atoms with Crippen LogP contribution in [-0.2, 0) is 4.79 Å². The van der Waals surface area contributed by atoms with Gasteiger partial charge in [0, 0.05) is 12.3 Å². The second kappa shape index (κ2) is 4.15. The molecule has 1 aliphatic heterocycles. The molecule has 0 aromatic heterocycles. The molecule has 0 aromatic carbocycles. The Hall–Kier alpha value is -0.970. The van der Waals surface area contributed by atoms with Gasteiger partial charge >= 0.3 is 6.03 Å². The van der Waals surface area contributed by atoms with Crippen LogP contribution in [0.4, 0.5) is 4.79 Å². The third-order valence-corrected chi connectivity index (χ3v) is 2.60. The number of carbonyl (C=O) groups is 2. The molecule has 1 rings (SSSR count). The Morgan fingerprint density at radius 2 is 2.42 bits per heavy atom. The van der Waals surface area contributed by atoms with E-state index in [4.69, 9.17) is 0 Å². The SMILES string of the molecule is C=CCSC1CNC(=O)NC1=O. The molecule has 1 heterocycles. The number of urea groups is 1. The fourth-order valence-corrected chi connectivity index (χ4v) is 1.61. The molecule has 12 heavy (non-hydrogen) atoms. The van der Waals surface area contributed by atoms with Crippen molar-refractivity contribution in [2.45, 2.75) is 5.25 Å². The quantitative estimate of drug-likeness (QED) is 0.615. The van der Waals surface area contributed by atoms with E-state index in [1.807, 2.05) is 0 Å². The summed E-state index contributed by atoms with van der Waals surface area (Å²) in [5, 5.41) is 4.56. The molecule has 1 fully saturated rings. The number of nitrogens with one attached hydrogen (secondary N) is 2. The summed E-state index contributed by atoms with van der Waals surface area (Å²) in [6, 6.07) is -0.407. The summed E-state index contributed by atoms with van der Waals surface area (Å²) >= 11 is 1.46. The molecule has 5 heteroatoms. The van der Waals surface area contributed by atoms with Gasteiger partial charge in [-0.25, -0.2) is 4.79 Å². The van der Waals surface area contributed by atoms with Crippen LogP contribution in [0.1, 0.15) is 0 Å². The molecule has 0 aliphatic carbocycles. The highest BCUT2D eigenvalue weighted by molar-refractivity contribution is 8.00. The Morgan fingerprint density at radius 3 is 3.00 bits per heavy atom. The van der Waals surface area contributed by atoms with Gasteiger partial charge in [-0.15, -0.1) is 18.3 Å². The predicted octanol–water partition coefficient (Wildman–Crippen LogP) is 0.114. The molecular weight excluding hydrogens is 176 g/mol. The van der Waals surface area contributed by atoms with E-state index in [1.54, 1.807) is 6.08 Å². The fourth-order valence-electron chi connectivity index (χ4n) is 0.833. The van der Waals surface area contributed by atoms with Gasteiger partial charge in [0.05, 0.1) is 0 Å². The smallest absolute Gasteiger partial charge is 0.321 e. The molecule has 2 N–H and O–H groups in total. The second-order valence-corrected chi connectivity index (χ2v) is 3.55. The molecule has 0 aromatic rings. The van der Waals surface area contributed by atoms with Crippen molar-refractivity contribution in [1.82, 2.24) is 10.6 Å². The summed E-state index contributed by atoms with van der Waals surface area (Å²) < 4.78 is 0. The van der Waals surface area contributed by atoms with Crippen molar-refractivity contribution in [2.24, 2.45) is 0 Å². The van der Waals surface area contributed by atoms with Gasteiger partial charge in [0.1, 0.15) is 5.25 Å². The van der Waals surface area contributed by atoms with Crippen molar-refractivity contribution in [1.29, 1.82) is 0 Å². The lowest BCUT2D eigenvalue weighted by Crippen LogP contribution is -2.53. The Morgan fingerprint density at radius 1 is 1.67 bits per heavy atom. The van der Waals surface area contributed by atoms with E-state index in [9.17, 15) is 9.59 Å². The average molecular weight is 186 g/mol. The van der Waals surface area contributed by atoms with E-state index in [-0.39, 0.29) is 11.2 Å². The van der Waals surface area contributed by atoms with Gasteiger partial charge in [-0.2, -0.15) is 0 Å². The van der Waals surface area contributed by atoms with Crippen LogP contribution in [0.3, 0.4) is 0 Å². The summed E-state index contributed by atoms with van der Waals surface area (Å²) in [6.45, 7) is 3.95. The van der Waals surface area contributed by atoms with Crippen molar-refractivity contribution in [3.63, 3.8) is 0 Å². The molecule has 66 valence electrons. The number of hydrogen-bond acceptors (Lipinski definition) is 3. The van der Waals surface area contributed by atoms with Gasteiger partial charge in [-0.05, 0) is 0 Å². The topological polar surface area (TPSA) is 58.2 Å². The molecule has 0 spiro atoms. The molecule has 1 unspecified atom stereocenters. The summed E-state index contributed by atoms with van der Waals surface area (Å²) in [5.74, 6) is 0.499. The summed E-state index contributed by atoms with van der Waals surface area (Å²) in [7, 11) is 0. The zero-order chi connectivity index (χ0) is 8.97. The molecule has 0 bridgehead atoms. The van der Waals surface area contributed by atoms with Gasteiger partial charge in [0.15, 0.2) is 0 Å². The van der Waals surface area contributed by atoms with Crippen molar-refractivity contribution in [2.75, 3.05) is 12.3 Å². The van der Waals surface area contributed by atoms with Crippen LogP contribution in [0.5, 0.6) is 0 Å². The minimum absolute atomic E-state index is 0.180. The van der Waals surface area contributed by atoms with E-state index in [2.05, 4.69) is 17.2 Å². The number of thioether (sulfide) groups is 1. The summed E-state index contributed by atoms with van der Waals surface area (Å²) in [5.41, 5.74) is 0. The third kappa shape index (κ3) is 2.27. The minimum Gasteiger partial charge on any atom is -0.336 e. The van der Waals surface area contributed by atoms with Crippen LogP contribution in [0, 0.1) is 0 Å². The average Bonchev–Trinajstić information content (AvgIpc) is 2.03. The molecule has 0 radical (unpaired) electrons. The van der Waals surface area contributed by atoms with Gasteiger partial charge in [0.2, 0.25) is 5.91 Å². The Bertz CT molecular complexity index is 215. The van der Waals surface area contributed by atoms with Gasteiger partial charge < -0.3 is 5.32 Å². The molecule has 1 saturated heterocycles. The predicted molar refractivity (Wildman–Crippen MR) is 48.0 cm³/mol. The molecule has 1 atom stereocenters. The van der Waals surface area contributed by atoms with E-state index in [0.717, 1.165) is 0 Å². The lowest BCUT2D eigenvalue weighted by Gasteiger charge is -2.20. The van der Waals surface area contributed by atoms with Gasteiger partial charge in [0.25, 0.3) is 0 Å². The highest BCUT2D eigenvalue weighted by Gasteiger charge is 2.25. The number of amides is 3. The maximum absolute atomic E-state index is 11.1. The van der Waals surface area contributed by atoms with Gasteiger partial charge in [-0.3, -0.25) is 10.1 Å². The van der Waals surface area contributed by atoms with Crippen molar-refractivity contribution >= 4 is 23.7 Å². The Balaban J connectivity index is 2.39. The van der Waals surface area contributed by atoms with Gasteiger partial charge in [-0.1, -0.05) is 6.08 Å². The number of hydrogen-bond donors (Lipinski definition) is 2. The number of rotatable bonds is 3. The highest BCUT2D eigenvalue weighted by Crippen LogP contribution is 2.11.